The minimum Gasteiger partial charge on any atom is -0.462 e. The van der Waals surface area contributed by atoms with Crippen molar-refractivity contribution >= 4 is 24.2 Å². The molecule has 0 aromatic rings. The van der Waals surface area contributed by atoms with Crippen molar-refractivity contribution in [2.45, 2.75) is 186 Å². The van der Waals surface area contributed by atoms with Crippen LogP contribution in [0.1, 0.15) is 100 Å². The third-order valence-corrected chi connectivity index (χ3v) is 11.2. The largest absolute Gasteiger partial charge is 0.462 e. The van der Waals surface area contributed by atoms with Crippen LogP contribution in [0.2, 0.25) is 0 Å². The van der Waals surface area contributed by atoms with Crippen LogP contribution in [-0.2, 0) is 57.1 Å². The van der Waals surface area contributed by atoms with Gasteiger partial charge < -0.3 is 62.9 Å². The Morgan fingerprint density at radius 3 is 2.29 bits per heavy atom. The molecule has 59 heavy (non-hydrogen) atoms. The minimum atomic E-state index is -1.50. The Morgan fingerprint density at radius 1 is 1.00 bits per heavy atom. The van der Waals surface area contributed by atoms with E-state index in [1.165, 1.54) is 7.11 Å². The molecule has 3 rings (SSSR count). The molecule has 0 amide bonds. The molecular weight excluding hydrogens is 770 g/mol. The summed E-state index contributed by atoms with van der Waals surface area (Å²) in [7, 11) is 4.87. The molecule has 0 saturated carbocycles. The summed E-state index contributed by atoms with van der Waals surface area (Å²) in [5.74, 6) is -2.72. The quantitative estimate of drug-likeness (QED) is 0.138. The SMILES string of the molecule is CCC(=O)O[C@@H]1CC(=O)O[C@H](C)CC=CC=C[C@H](O)[C@H](C)C[C@H](CC=O)C(O[C@@H]2O[C@@H](C)[C@H](O[C@@H]3C[C@@](C)(O)[C@@H](OC(=O)CC(C)C)[C@@H](C)O3)[C@H](N(C)C)[C@H]2O)[C@@H]1OC. The Bertz CT molecular complexity index is 1400. The van der Waals surface area contributed by atoms with Crippen LogP contribution < -0.4 is 0 Å². The number of hydrogen-bond acceptors (Lipinski definition) is 16. The number of aliphatic hydroxyl groups is 3. The number of aldehydes is 1. The lowest BCUT2D eigenvalue weighted by molar-refractivity contribution is -0.344. The van der Waals surface area contributed by atoms with E-state index in [0.717, 1.165) is 6.29 Å². The number of allylic oxidation sites excluding steroid dienone is 2. The normalized spacial score (nSPS) is 39.1. The fraction of sp³-hybridized carbons (Fsp3) is 0.814. The summed E-state index contributed by atoms with van der Waals surface area (Å²) in [4.78, 5) is 52.8. The first-order valence-electron chi connectivity index (χ1n) is 21.0. The first kappa shape index (κ1) is 50.6. The van der Waals surface area contributed by atoms with Gasteiger partial charge in [-0.1, -0.05) is 52.0 Å². The summed E-state index contributed by atoms with van der Waals surface area (Å²) in [5, 5.41) is 34.7. The number of rotatable bonds is 13. The zero-order valence-electron chi connectivity index (χ0n) is 36.8. The molecule has 2 fully saturated rings. The van der Waals surface area contributed by atoms with E-state index in [1.54, 1.807) is 71.8 Å². The highest BCUT2D eigenvalue weighted by atomic mass is 16.7. The van der Waals surface area contributed by atoms with E-state index in [1.807, 2.05) is 26.8 Å². The van der Waals surface area contributed by atoms with Gasteiger partial charge in [-0.05, 0) is 66.0 Å². The fourth-order valence-electron chi connectivity index (χ4n) is 8.12. The predicted molar refractivity (Wildman–Crippen MR) is 214 cm³/mol. The van der Waals surface area contributed by atoms with Crippen LogP contribution in [0, 0.1) is 17.8 Å². The third kappa shape index (κ3) is 14.7. The number of esters is 3. The molecule has 338 valence electrons. The van der Waals surface area contributed by atoms with Crippen LogP contribution in [0.3, 0.4) is 0 Å². The number of nitrogens with zero attached hydrogens (tertiary/aromatic N) is 1. The summed E-state index contributed by atoms with van der Waals surface area (Å²) in [6.07, 6.45) is -4.07. The molecule has 3 aliphatic heterocycles. The summed E-state index contributed by atoms with van der Waals surface area (Å²) in [6.45, 7) is 14.0. The zero-order valence-corrected chi connectivity index (χ0v) is 36.8. The Kier molecular flexibility index (Phi) is 20.1. The second kappa shape index (κ2) is 23.4. The molecule has 2 saturated heterocycles. The number of carbonyl (C=O) groups excluding carboxylic acids is 4. The lowest BCUT2D eigenvalue weighted by Gasteiger charge is -2.50. The summed E-state index contributed by atoms with van der Waals surface area (Å²) in [6, 6.07) is -0.782. The van der Waals surface area contributed by atoms with Crippen LogP contribution in [-0.4, -0.2) is 151 Å². The van der Waals surface area contributed by atoms with Crippen molar-refractivity contribution in [1.29, 1.82) is 0 Å². The first-order valence-corrected chi connectivity index (χ1v) is 21.0. The smallest absolute Gasteiger partial charge is 0.309 e. The molecule has 0 bridgehead atoms. The van der Waals surface area contributed by atoms with E-state index in [2.05, 4.69) is 0 Å². The van der Waals surface area contributed by atoms with Crippen molar-refractivity contribution in [3.8, 4) is 0 Å². The highest BCUT2D eigenvalue weighted by Gasteiger charge is 2.53. The van der Waals surface area contributed by atoms with Crippen molar-refractivity contribution in [2.75, 3.05) is 21.2 Å². The third-order valence-electron chi connectivity index (χ3n) is 11.2. The maximum Gasteiger partial charge on any atom is 0.309 e. The Labute approximate surface area is 349 Å². The predicted octanol–water partition coefficient (Wildman–Crippen LogP) is 3.40. The van der Waals surface area contributed by atoms with E-state index in [9.17, 15) is 34.5 Å². The number of cyclic esters (lactones) is 1. The van der Waals surface area contributed by atoms with Crippen molar-refractivity contribution in [2.24, 2.45) is 17.8 Å². The molecule has 3 heterocycles. The van der Waals surface area contributed by atoms with Crippen LogP contribution in [0.25, 0.3) is 0 Å². The van der Waals surface area contributed by atoms with Crippen molar-refractivity contribution in [3.05, 3.63) is 24.3 Å². The molecule has 16 heteroatoms. The number of hydrogen-bond donors (Lipinski definition) is 3. The summed E-state index contributed by atoms with van der Waals surface area (Å²) in [5.41, 5.74) is -1.50. The van der Waals surface area contributed by atoms with E-state index < -0.39 is 121 Å². The Balaban J connectivity index is 1.99. The summed E-state index contributed by atoms with van der Waals surface area (Å²) < 4.78 is 48.9. The molecule has 0 aliphatic carbocycles. The van der Waals surface area contributed by atoms with Gasteiger partial charge in [0.15, 0.2) is 18.7 Å². The lowest BCUT2D eigenvalue weighted by atomic mass is 9.82. The maximum absolute atomic E-state index is 13.3. The highest BCUT2D eigenvalue weighted by molar-refractivity contribution is 5.72. The van der Waals surface area contributed by atoms with Crippen LogP contribution in [0.5, 0.6) is 0 Å². The van der Waals surface area contributed by atoms with Crippen LogP contribution in [0.4, 0.5) is 0 Å². The number of aliphatic hydroxyl groups excluding tert-OH is 2. The molecular formula is C43H71NO15. The second-order valence-corrected chi connectivity index (χ2v) is 17.2. The van der Waals surface area contributed by atoms with E-state index >= 15 is 0 Å². The molecule has 3 N–H and O–H groups in total. The van der Waals surface area contributed by atoms with Gasteiger partial charge in [0.05, 0.1) is 36.9 Å². The standard InChI is InChI=1S/C43H71NO15/c1-12-32(47)56-31-22-34(49)53-26(5)16-14-13-15-17-30(46)25(4)21-29(18-19-45)39(40(31)52-11)59-42-37(50)36(44(9)10)38(27(6)55-42)58-35-23-43(8,51)41(28(7)54-35)57-33(48)20-24(2)3/h13-15,17,19,24-31,35-42,46,50-51H,12,16,18,20-23H2,1-11H3/t25-,26-,27+,28-,29+,30+,31-,35-,36-,37-,38+,39?,40-,41+,42+,43-/m1/s1. The molecule has 3 aliphatic rings. The molecule has 0 aromatic heterocycles. The van der Waals surface area contributed by atoms with Gasteiger partial charge in [-0.3, -0.25) is 14.4 Å². The van der Waals surface area contributed by atoms with Gasteiger partial charge in [0, 0.05) is 39.2 Å². The second-order valence-electron chi connectivity index (χ2n) is 17.2. The number of likely N-dealkylation sites (N-methyl/N-ethyl adjacent to an activating group) is 1. The van der Waals surface area contributed by atoms with Gasteiger partial charge >= 0.3 is 17.9 Å². The van der Waals surface area contributed by atoms with Crippen molar-refractivity contribution < 1.29 is 72.4 Å². The molecule has 0 aromatic carbocycles. The Morgan fingerprint density at radius 2 is 1.69 bits per heavy atom. The first-order chi connectivity index (χ1) is 27.7. The zero-order chi connectivity index (χ0) is 44.2. The van der Waals surface area contributed by atoms with Gasteiger partial charge in [0.2, 0.25) is 0 Å². The van der Waals surface area contributed by atoms with Gasteiger partial charge in [0.1, 0.15) is 42.4 Å². The summed E-state index contributed by atoms with van der Waals surface area (Å²) >= 11 is 0. The van der Waals surface area contributed by atoms with Gasteiger partial charge in [0.25, 0.3) is 0 Å². The van der Waals surface area contributed by atoms with Crippen molar-refractivity contribution in [3.63, 3.8) is 0 Å². The minimum absolute atomic E-state index is 0.00123. The maximum atomic E-state index is 13.3. The molecule has 0 spiro atoms. The molecule has 16 nitrogen and oxygen atoms in total. The number of methoxy groups -OCH3 is 1. The average Bonchev–Trinajstić information content (AvgIpc) is 3.13. The van der Waals surface area contributed by atoms with Crippen molar-refractivity contribution in [1.82, 2.24) is 4.90 Å². The Hall–Kier alpha value is -2.80. The van der Waals surface area contributed by atoms with E-state index in [-0.39, 0.29) is 38.0 Å². The topological polar surface area (TPSA) is 206 Å². The van der Waals surface area contributed by atoms with Crippen LogP contribution >= 0.6 is 0 Å². The van der Waals surface area contributed by atoms with Gasteiger partial charge in [-0.2, -0.15) is 0 Å². The number of carbonyl (C=O) groups is 4. The van der Waals surface area contributed by atoms with E-state index in [0.29, 0.717) is 6.42 Å². The molecule has 16 atom stereocenters. The monoisotopic (exact) mass is 841 g/mol. The number of ether oxygens (including phenoxy) is 8. The fourth-order valence-corrected chi connectivity index (χ4v) is 8.12. The molecule has 0 radical (unpaired) electrons. The van der Waals surface area contributed by atoms with Gasteiger partial charge in [-0.25, -0.2) is 0 Å². The lowest BCUT2D eigenvalue weighted by Crippen LogP contribution is -2.66. The van der Waals surface area contributed by atoms with Crippen LogP contribution in [0.15, 0.2) is 24.3 Å². The van der Waals surface area contributed by atoms with E-state index in [4.69, 9.17) is 37.9 Å². The highest BCUT2D eigenvalue weighted by Crippen LogP contribution is 2.38. The van der Waals surface area contributed by atoms with Gasteiger partial charge in [-0.15, -0.1) is 0 Å². The average molecular weight is 842 g/mol. The molecule has 1 unspecified atom stereocenters.